The number of ether oxygens (including phenoxy) is 1. The molecule has 0 radical (unpaired) electrons. The molecule has 1 atom stereocenters. The topological polar surface area (TPSA) is 81.4 Å². The molecule has 1 fully saturated rings. The summed E-state index contributed by atoms with van der Waals surface area (Å²) in [5.41, 5.74) is 1.12. The minimum absolute atomic E-state index is 0.100. The van der Waals surface area contributed by atoms with E-state index < -0.39 is 5.82 Å². The van der Waals surface area contributed by atoms with Gasteiger partial charge < -0.3 is 14.2 Å². The Bertz CT molecular complexity index is 914. The van der Waals surface area contributed by atoms with E-state index in [1.807, 2.05) is 30.3 Å². The maximum atomic E-state index is 12.9. The summed E-state index contributed by atoms with van der Waals surface area (Å²) >= 11 is 0. The van der Waals surface area contributed by atoms with Crippen molar-refractivity contribution < 1.29 is 18.4 Å². The van der Waals surface area contributed by atoms with E-state index in [1.165, 1.54) is 0 Å². The van der Waals surface area contributed by atoms with Gasteiger partial charge in [0, 0.05) is 18.2 Å². The Kier molecular flexibility index (Phi) is 4.78. The third-order valence-corrected chi connectivity index (χ3v) is 4.32. The molecule has 1 saturated heterocycles. The Balaban J connectivity index is 1.43. The van der Waals surface area contributed by atoms with Gasteiger partial charge in [0.05, 0.1) is 18.9 Å². The van der Waals surface area contributed by atoms with Crippen LogP contribution in [0.2, 0.25) is 0 Å². The molecule has 2 aromatic heterocycles. The molecule has 1 aromatic carbocycles. The molecule has 27 heavy (non-hydrogen) atoms. The molecule has 0 aliphatic carbocycles. The van der Waals surface area contributed by atoms with Crippen molar-refractivity contribution in [3.05, 3.63) is 60.3 Å². The zero-order chi connectivity index (χ0) is 18.6. The van der Waals surface area contributed by atoms with Gasteiger partial charge in [-0.25, -0.2) is 14.4 Å². The van der Waals surface area contributed by atoms with Crippen molar-refractivity contribution in [1.29, 1.82) is 0 Å². The third kappa shape index (κ3) is 3.94. The number of nitrogens with zero attached hydrogens (tertiary/aromatic N) is 4. The summed E-state index contributed by atoms with van der Waals surface area (Å²) in [4.78, 5) is 22.0. The Morgan fingerprint density at radius 1 is 1.22 bits per heavy atom. The summed E-state index contributed by atoms with van der Waals surface area (Å²) < 4.78 is 23.9. The molecule has 1 aliphatic heterocycles. The second-order valence-corrected chi connectivity index (χ2v) is 6.26. The largest absolute Gasteiger partial charge is 0.458 e. The zero-order valence-corrected chi connectivity index (χ0v) is 14.4. The molecule has 0 spiro atoms. The lowest BCUT2D eigenvalue weighted by Crippen LogP contribution is -2.44. The van der Waals surface area contributed by atoms with E-state index >= 15 is 0 Å². The van der Waals surface area contributed by atoms with Crippen LogP contribution in [0.3, 0.4) is 0 Å². The number of halogens is 1. The highest BCUT2D eigenvalue weighted by Crippen LogP contribution is 2.22. The summed E-state index contributed by atoms with van der Waals surface area (Å²) in [5.74, 6) is -0.194. The minimum atomic E-state index is -0.525. The van der Waals surface area contributed by atoms with Gasteiger partial charge in [-0.3, -0.25) is 4.79 Å². The van der Waals surface area contributed by atoms with Crippen LogP contribution in [0.1, 0.15) is 23.3 Å². The standard InChI is InChI=1S/C19H17FN4O3/c20-14-10-21-19(22-11-14)26-15-7-4-8-24(12-15)18(25)16-9-17(27-23-16)13-5-2-1-3-6-13/h1-3,5-6,9-11,15H,4,7-8,12H2. The molecular formula is C19H17FN4O3. The molecule has 3 heterocycles. The van der Waals surface area contributed by atoms with Crippen LogP contribution in [0.15, 0.2) is 53.3 Å². The van der Waals surface area contributed by atoms with Gasteiger partial charge in [0.2, 0.25) is 0 Å². The van der Waals surface area contributed by atoms with Crippen LogP contribution >= 0.6 is 0 Å². The highest BCUT2D eigenvalue weighted by Gasteiger charge is 2.28. The number of hydrogen-bond donors (Lipinski definition) is 0. The number of carbonyl (C=O) groups is 1. The molecule has 7 nitrogen and oxygen atoms in total. The molecule has 4 rings (SSSR count). The molecule has 138 valence electrons. The van der Waals surface area contributed by atoms with E-state index in [0.29, 0.717) is 18.8 Å². The Morgan fingerprint density at radius 2 is 2.00 bits per heavy atom. The van der Waals surface area contributed by atoms with E-state index in [1.54, 1.807) is 11.0 Å². The maximum absolute atomic E-state index is 12.9. The minimum Gasteiger partial charge on any atom is -0.458 e. The summed E-state index contributed by atoms with van der Waals surface area (Å²) in [6.45, 7) is 0.990. The lowest BCUT2D eigenvalue weighted by molar-refractivity contribution is 0.0506. The molecule has 0 bridgehead atoms. The first kappa shape index (κ1) is 17.1. The maximum Gasteiger partial charge on any atom is 0.316 e. The Labute approximate surface area is 154 Å². The van der Waals surface area contributed by atoms with Crippen molar-refractivity contribution in [1.82, 2.24) is 20.0 Å². The lowest BCUT2D eigenvalue weighted by atomic mass is 10.1. The number of rotatable bonds is 4. The molecule has 1 unspecified atom stereocenters. The smallest absolute Gasteiger partial charge is 0.316 e. The summed E-state index contributed by atoms with van der Waals surface area (Å²) in [6, 6.07) is 11.2. The molecule has 1 amide bonds. The van der Waals surface area contributed by atoms with Gasteiger partial charge in [0.1, 0.15) is 6.10 Å². The highest BCUT2D eigenvalue weighted by atomic mass is 19.1. The molecule has 3 aromatic rings. The fourth-order valence-electron chi connectivity index (χ4n) is 3.01. The first-order chi connectivity index (χ1) is 13.2. The number of likely N-dealkylation sites (tertiary alicyclic amines) is 1. The average molecular weight is 368 g/mol. The quantitative estimate of drug-likeness (QED) is 0.704. The number of carbonyl (C=O) groups excluding carboxylic acids is 1. The van der Waals surface area contributed by atoms with Crippen molar-refractivity contribution >= 4 is 5.91 Å². The van der Waals surface area contributed by atoms with Crippen molar-refractivity contribution in [2.75, 3.05) is 13.1 Å². The lowest BCUT2D eigenvalue weighted by Gasteiger charge is -2.31. The van der Waals surface area contributed by atoms with Gasteiger partial charge in [-0.1, -0.05) is 35.5 Å². The number of hydrogen-bond acceptors (Lipinski definition) is 6. The van der Waals surface area contributed by atoms with E-state index in [4.69, 9.17) is 9.26 Å². The van der Waals surface area contributed by atoms with Gasteiger partial charge in [-0.15, -0.1) is 0 Å². The highest BCUT2D eigenvalue weighted by molar-refractivity contribution is 5.93. The van der Waals surface area contributed by atoms with Gasteiger partial charge in [0.25, 0.3) is 5.91 Å². The summed E-state index contributed by atoms with van der Waals surface area (Å²) in [5, 5.41) is 3.91. The fraction of sp³-hybridized carbons (Fsp3) is 0.263. The van der Waals surface area contributed by atoms with Crippen LogP contribution in [-0.2, 0) is 0 Å². The van der Waals surface area contributed by atoms with Crippen LogP contribution in [0.4, 0.5) is 4.39 Å². The normalized spacial score (nSPS) is 16.9. The number of benzene rings is 1. The van der Waals surface area contributed by atoms with Crippen LogP contribution in [0, 0.1) is 5.82 Å². The SMILES string of the molecule is O=C(c1cc(-c2ccccc2)on1)N1CCCC(Oc2ncc(F)cn2)C1. The van der Waals surface area contributed by atoms with Gasteiger partial charge in [-0.05, 0) is 12.8 Å². The molecule has 8 heteroatoms. The van der Waals surface area contributed by atoms with Crippen molar-refractivity contribution in [2.45, 2.75) is 18.9 Å². The van der Waals surface area contributed by atoms with E-state index in [-0.39, 0.29) is 23.7 Å². The molecule has 0 saturated carbocycles. The summed E-state index contributed by atoms with van der Waals surface area (Å²) in [6.07, 6.45) is 3.39. The summed E-state index contributed by atoms with van der Waals surface area (Å²) in [7, 11) is 0. The molecule has 1 aliphatic rings. The van der Waals surface area contributed by atoms with Crippen molar-refractivity contribution in [3.8, 4) is 17.3 Å². The number of aromatic nitrogens is 3. The third-order valence-electron chi connectivity index (χ3n) is 4.32. The Morgan fingerprint density at radius 3 is 2.78 bits per heavy atom. The first-order valence-corrected chi connectivity index (χ1v) is 8.64. The van der Waals surface area contributed by atoms with E-state index in [9.17, 15) is 9.18 Å². The average Bonchev–Trinajstić information content (AvgIpc) is 3.20. The Hall–Kier alpha value is -3.29. The van der Waals surface area contributed by atoms with Gasteiger partial charge >= 0.3 is 6.01 Å². The number of amides is 1. The van der Waals surface area contributed by atoms with Crippen LogP contribution in [0.25, 0.3) is 11.3 Å². The monoisotopic (exact) mass is 368 g/mol. The van der Waals surface area contributed by atoms with E-state index in [2.05, 4.69) is 15.1 Å². The van der Waals surface area contributed by atoms with Crippen molar-refractivity contribution in [2.24, 2.45) is 0 Å². The van der Waals surface area contributed by atoms with Gasteiger partial charge in [-0.2, -0.15) is 0 Å². The number of piperidine rings is 1. The van der Waals surface area contributed by atoms with Crippen LogP contribution in [0.5, 0.6) is 6.01 Å². The molecule has 0 N–H and O–H groups in total. The van der Waals surface area contributed by atoms with Crippen LogP contribution in [-0.4, -0.2) is 45.1 Å². The van der Waals surface area contributed by atoms with Crippen molar-refractivity contribution in [3.63, 3.8) is 0 Å². The second kappa shape index (κ2) is 7.53. The van der Waals surface area contributed by atoms with Crippen LogP contribution < -0.4 is 4.74 Å². The zero-order valence-electron chi connectivity index (χ0n) is 14.4. The fourth-order valence-corrected chi connectivity index (χ4v) is 3.01. The van der Waals surface area contributed by atoms with Gasteiger partial charge in [0.15, 0.2) is 17.3 Å². The van der Waals surface area contributed by atoms with E-state index in [0.717, 1.165) is 30.8 Å². The predicted octanol–water partition coefficient (Wildman–Crippen LogP) is 2.95. The predicted molar refractivity (Wildman–Crippen MR) is 93.5 cm³/mol. The first-order valence-electron chi connectivity index (χ1n) is 8.64. The second-order valence-electron chi connectivity index (χ2n) is 6.26. The molecular weight excluding hydrogens is 351 g/mol.